The summed E-state index contributed by atoms with van der Waals surface area (Å²) in [4.78, 5) is 2.42. The van der Waals surface area contributed by atoms with Crippen LogP contribution in [0.3, 0.4) is 0 Å². The van der Waals surface area contributed by atoms with Crippen molar-refractivity contribution in [3.63, 3.8) is 0 Å². The number of ether oxygens (including phenoxy) is 1. The van der Waals surface area contributed by atoms with Gasteiger partial charge in [-0.25, -0.2) is 0 Å². The van der Waals surface area contributed by atoms with Gasteiger partial charge in [0.2, 0.25) is 0 Å². The molecule has 1 aromatic heterocycles. The first-order chi connectivity index (χ1) is 8.25. The van der Waals surface area contributed by atoms with Crippen molar-refractivity contribution < 1.29 is 4.74 Å². The second-order valence-electron chi connectivity index (χ2n) is 4.69. The van der Waals surface area contributed by atoms with E-state index in [-0.39, 0.29) is 0 Å². The average molecular weight is 238 g/mol. The molecule has 5 nitrogen and oxygen atoms in total. The van der Waals surface area contributed by atoms with E-state index in [1.807, 2.05) is 10.9 Å². The molecule has 5 heteroatoms. The van der Waals surface area contributed by atoms with Gasteiger partial charge < -0.3 is 10.1 Å². The van der Waals surface area contributed by atoms with Crippen LogP contribution in [0.5, 0.6) is 5.75 Å². The summed E-state index contributed by atoms with van der Waals surface area (Å²) in [5.41, 5.74) is 0. The molecule has 1 aliphatic rings. The molecule has 0 atom stereocenters. The van der Waals surface area contributed by atoms with Crippen LogP contribution in [0.1, 0.15) is 19.9 Å². The van der Waals surface area contributed by atoms with Gasteiger partial charge in [0.25, 0.3) is 0 Å². The Morgan fingerprint density at radius 3 is 2.82 bits per heavy atom. The van der Waals surface area contributed by atoms with E-state index < -0.39 is 0 Å². The summed E-state index contributed by atoms with van der Waals surface area (Å²) < 4.78 is 7.61. The Morgan fingerprint density at radius 2 is 2.18 bits per heavy atom. The zero-order valence-electron chi connectivity index (χ0n) is 10.7. The smallest absolute Gasteiger partial charge is 0.157 e. The van der Waals surface area contributed by atoms with Crippen molar-refractivity contribution in [2.45, 2.75) is 19.9 Å². The SMILES string of the molecule is CC(C)n1cc(OCCN2CCNCC2)cn1. The lowest BCUT2D eigenvalue weighted by Crippen LogP contribution is -2.44. The van der Waals surface area contributed by atoms with Gasteiger partial charge >= 0.3 is 0 Å². The van der Waals surface area contributed by atoms with Gasteiger partial charge in [0.05, 0.1) is 12.4 Å². The maximum Gasteiger partial charge on any atom is 0.157 e. The minimum Gasteiger partial charge on any atom is -0.489 e. The summed E-state index contributed by atoms with van der Waals surface area (Å²) >= 11 is 0. The van der Waals surface area contributed by atoms with Gasteiger partial charge in [-0.15, -0.1) is 0 Å². The van der Waals surface area contributed by atoms with Crippen molar-refractivity contribution in [2.75, 3.05) is 39.3 Å². The van der Waals surface area contributed by atoms with Gasteiger partial charge in [-0.2, -0.15) is 5.10 Å². The molecule has 1 aliphatic heterocycles. The van der Waals surface area contributed by atoms with Gasteiger partial charge in [0, 0.05) is 38.8 Å². The van der Waals surface area contributed by atoms with Crippen LogP contribution >= 0.6 is 0 Å². The third-order valence-electron chi connectivity index (χ3n) is 2.99. The monoisotopic (exact) mass is 238 g/mol. The molecule has 0 amide bonds. The molecule has 17 heavy (non-hydrogen) atoms. The molecule has 0 saturated carbocycles. The van der Waals surface area contributed by atoms with Gasteiger partial charge in [0.15, 0.2) is 5.75 Å². The van der Waals surface area contributed by atoms with E-state index in [9.17, 15) is 0 Å². The Morgan fingerprint density at radius 1 is 1.41 bits per heavy atom. The summed E-state index contributed by atoms with van der Waals surface area (Å²) in [5.74, 6) is 0.869. The van der Waals surface area contributed by atoms with E-state index in [0.717, 1.165) is 45.1 Å². The zero-order valence-corrected chi connectivity index (χ0v) is 10.7. The van der Waals surface area contributed by atoms with Gasteiger partial charge in [-0.05, 0) is 13.8 Å². The van der Waals surface area contributed by atoms with E-state index in [1.165, 1.54) is 0 Å². The number of aromatic nitrogens is 2. The van der Waals surface area contributed by atoms with Crippen molar-refractivity contribution in [3.8, 4) is 5.75 Å². The predicted molar refractivity (Wildman–Crippen MR) is 67.4 cm³/mol. The highest BCUT2D eigenvalue weighted by atomic mass is 16.5. The lowest BCUT2D eigenvalue weighted by Gasteiger charge is -2.26. The molecule has 0 aliphatic carbocycles. The summed E-state index contributed by atoms with van der Waals surface area (Å²) in [7, 11) is 0. The first kappa shape index (κ1) is 12.4. The molecule has 1 saturated heterocycles. The van der Waals surface area contributed by atoms with Gasteiger partial charge in [-0.3, -0.25) is 9.58 Å². The third kappa shape index (κ3) is 3.71. The molecular formula is C12H22N4O. The molecule has 2 rings (SSSR count). The number of hydrogen-bond acceptors (Lipinski definition) is 4. The zero-order chi connectivity index (χ0) is 12.1. The largest absolute Gasteiger partial charge is 0.489 e. The van der Waals surface area contributed by atoms with Crippen LogP contribution in [0.4, 0.5) is 0 Å². The highest BCUT2D eigenvalue weighted by Crippen LogP contribution is 2.12. The Labute approximate surface area is 103 Å². The Hall–Kier alpha value is -1.07. The van der Waals surface area contributed by atoms with Gasteiger partial charge in [-0.1, -0.05) is 0 Å². The quantitative estimate of drug-likeness (QED) is 0.822. The lowest BCUT2D eigenvalue weighted by molar-refractivity contribution is 0.191. The Balaban J connectivity index is 1.70. The minimum atomic E-state index is 0.389. The van der Waals surface area contributed by atoms with Crippen LogP contribution < -0.4 is 10.1 Å². The second kappa shape index (κ2) is 6.02. The standard InChI is InChI=1S/C12H22N4O/c1-11(2)16-10-12(9-14-16)17-8-7-15-5-3-13-4-6-15/h9-11,13H,3-8H2,1-2H3. The average Bonchev–Trinajstić information content (AvgIpc) is 2.79. The predicted octanol–water partition coefficient (Wildman–Crippen LogP) is 0.748. The number of rotatable bonds is 5. The maximum atomic E-state index is 5.69. The van der Waals surface area contributed by atoms with E-state index in [2.05, 4.69) is 29.2 Å². The maximum absolute atomic E-state index is 5.69. The highest BCUT2D eigenvalue weighted by molar-refractivity contribution is 5.11. The van der Waals surface area contributed by atoms with Crippen LogP contribution in [-0.2, 0) is 0 Å². The summed E-state index contributed by atoms with van der Waals surface area (Å²) in [6, 6.07) is 0.389. The molecule has 96 valence electrons. The van der Waals surface area contributed by atoms with Crippen molar-refractivity contribution >= 4 is 0 Å². The summed E-state index contributed by atoms with van der Waals surface area (Å²) in [6.45, 7) is 10.4. The Bertz CT molecular complexity index is 331. The molecule has 0 spiro atoms. The molecule has 2 heterocycles. The molecule has 0 bridgehead atoms. The molecule has 0 unspecified atom stereocenters. The number of nitrogens with one attached hydrogen (secondary N) is 1. The van der Waals surface area contributed by atoms with Gasteiger partial charge in [0.1, 0.15) is 6.61 Å². The second-order valence-corrected chi connectivity index (χ2v) is 4.69. The molecule has 1 aromatic rings. The number of hydrogen-bond donors (Lipinski definition) is 1. The number of piperazine rings is 1. The van der Waals surface area contributed by atoms with Crippen LogP contribution in [0.2, 0.25) is 0 Å². The lowest BCUT2D eigenvalue weighted by atomic mass is 10.4. The van der Waals surface area contributed by atoms with Crippen molar-refractivity contribution in [3.05, 3.63) is 12.4 Å². The molecule has 1 N–H and O–H groups in total. The van der Waals surface area contributed by atoms with Crippen LogP contribution in [0.15, 0.2) is 12.4 Å². The summed E-state index contributed by atoms with van der Waals surface area (Å²) in [6.07, 6.45) is 3.75. The molecule has 0 radical (unpaired) electrons. The summed E-state index contributed by atoms with van der Waals surface area (Å²) in [5, 5.41) is 7.59. The molecule has 1 fully saturated rings. The molecule has 0 aromatic carbocycles. The van der Waals surface area contributed by atoms with E-state index in [4.69, 9.17) is 4.74 Å². The van der Waals surface area contributed by atoms with E-state index >= 15 is 0 Å². The van der Waals surface area contributed by atoms with Crippen molar-refractivity contribution in [1.82, 2.24) is 20.0 Å². The normalized spacial score (nSPS) is 17.6. The fraction of sp³-hybridized carbons (Fsp3) is 0.750. The fourth-order valence-electron chi connectivity index (χ4n) is 1.90. The highest BCUT2D eigenvalue weighted by Gasteiger charge is 2.09. The Kier molecular flexibility index (Phi) is 4.39. The van der Waals surface area contributed by atoms with Crippen molar-refractivity contribution in [2.24, 2.45) is 0 Å². The number of nitrogens with zero attached hydrogens (tertiary/aromatic N) is 3. The first-order valence-corrected chi connectivity index (χ1v) is 6.36. The minimum absolute atomic E-state index is 0.389. The van der Waals surface area contributed by atoms with Crippen molar-refractivity contribution in [1.29, 1.82) is 0 Å². The van der Waals surface area contributed by atoms with E-state index in [0.29, 0.717) is 6.04 Å². The first-order valence-electron chi connectivity index (χ1n) is 6.36. The van der Waals surface area contributed by atoms with E-state index in [1.54, 1.807) is 6.20 Å². The van der Waals surface area contributed by atoms with Crippen LogP contribution in [-0.4, -0.2) is 54.0 Å². The molecular weight excluding hydrogens is 216 g/mol. The van der Waals surface area contributed by atoms with Crippen LogP contribution in [0.25, 0.3) is 0 Å². The topological polar surface area (TPSA) is 42.3 Å². The third-order valence-corrected chi connectivity index (χ3v) is 2.99. The van der Waals surface area contributed by atoms with Crippen LogP contribution in [0, 0.1) is 0 Å². The fourth-order valence-corrected chi connectivity index (χ4v) is 1.90.